The van der Waals surface area contributed by atoms with E-state index in [9.17, 15) is 18.0 Å². The number of rotatable bonds is 13. The van der Waals surface area contributed by atoms with Gasteiger partial charge in [0.25, 0.3) is 10.1 Å². The lowest BCUT2D eigenvalue weighted by Gasteiger charge is -2.10. The summed E-state index contributed by atoms with van der Waals surface area (Å²) in [6, 6.07) is 0. The van der Waals surface area contributed by atoms with Crippen molar-refractivity contribution in [3.63, 3.8) is 0 Å². The van der Waals surface area contributed by atoms with Crippen LogP contribution in [0.15, 0.2) is 0 Å². The molecule has 0 radical (unpaired) electrons. The molecule has 0 rings (SSSR count). The monoisotopic (exact) mass is 324 g/mol. The van der Waals surface area contributed by atoms with Crippen LogP contribution < -0.4 is 0 Å². The lowest BCUT2D eigenvalue weighted by Crippen LogP contribution is -2.15. The Morgan fingerprint density at radius 3 is 1.86 bits per heavy atom. The van der Waals surface area contributed by atoms with Gasteiger partial charge in [-0.2, -0.15) is 8.42 Å². The molecule has 0 spiro atoms. The van der Waals surface area contributed by atoms with E-state index in [1.807, 2.05) is 0 Å². The van der Waals surface area contributed by atoms with Gasteiger partial charge in [0.2, 0.25) is 0 Å². The van der Waals surface area contributed by atoms with Gasteiger partial charge < -0.3 is 10.2 Å². The van der Waals surface area contributed by atoms with Gasteiger partial charge in [0.15, 0.2) is 0 Å². The third-order valence-corrected chi connectivity index (χ3v) is 4.07. The van der Waals surface area contributed by atoms with Crippen LogP contribution in [0.5, 0.6) is 0 Å². The van der Waals surface area contributed by atoms with Crippen LogP contribution in [-0.2, 0) is 19.7 Å². The van der Waals surface area contributed by atoms with Gasteiger partial charge in [-0.05, 0) is 19.3 Å². The van der Waals surface area contributed by atoms with E-state index >= 15 is 0 Å². The smallest absolute Gasteiger partial charge is 0.306 e. The molecule has 1 unspecified atom stereocenters. The highest BCUT2D eigenvalue weighted by atomic mass is 32.2. The normalized spacial score (nSPS) is 13.0. The lowest BCUT2D eigenvalue weighted by molar-refractivity contribution is -0.143. The van der Waals surface area contributed by atoms with E-state index in [0.29, 0.717) is 19.3 Å². The quantitative estimate of drug-likeness (QED) is 0.350. The Kier molecular flexibility index (Phi) is 9.98. The molecule has 0 aliphatic heterocycles. The zero-order chi connectivity index (χ0) is 16.3. The van der Waals surface area contributed by atoms with Crippen LogP contribution in [0.4, 0.5) is 0 Å². The second-order valence-corrected chi connectivity index (χ2v) is 6.74. The Hall–Kier alpha value is -1.15. The predicted octanol–water partition coefficient (Wildman–Crippen LogP) is 2.17. The van der Waals surface area contributed by atoms with Gasteiger partial charge in [-0.25, -0.2) is 0 Å². The molecule has 0 amide bonds. The van der Waals surface area contributed by atoms with Crippen molar-refractivity contribution in [1.82, 2.24) is 0 Å². The molecular formula is C13H24O7S. The third kappa shape index (κ3) is 13.6. The van der Waals surface area contributed by atoms with E-state index in [0.717, 1.165) is 25.7 Å². The van der Waals surface area contributed by atoms with Gasteiger partial charge in [-0.3, -0.25) is 14.1 Å². The molecule has 0 aliphatic carbocycles. The largest absolute Gasteiger partial charge is 0.481 e. The van der Waals surface area contributed by atoms with E-state index in [1.165, 1.54) is 0 Å². The summed E-state index contributed by atoms with van der Waals surface area (Å²) in [5.74, 6) is -2.77. The highest BCUT2D eigenvalue weighted by Gasteiger charge is 2.17. The molecule has 0 aliphatic rings. The SMILES string of the molecule is O=C(O)CCC(CCCCCCCCS(=O)(=O)O)C(=O)O. The fraction of sp³-hybridized carbons (Fsp3) is 0.846. The van der Waals surface area contributed by atoms with E-state index in [4.69, 9.17) is 14.8 Å². The number of carboxylic acids is 2. The van der Waals surface area contributed by atoms with Crippen molar-refractivity contribution in [3.8, 4) is 0 Å². The van der Waals surface area contributed by atoms with Crippen molar-refractivity contribution >= 4 is 22.1 Å². The zero-order valence-electron chi connectivity index (χ0n) is 12.0. The van der Waals surface area contributed by atoms with Crippen molar-refractivity contribution in [1.29, 1.82) is 0 Å². The minimum atomic E-state index is -3.87. The molecule has 124 valence electrons. The number of unbranched alkanes of at least 4 members (excludes halogenated alkanes) is 5. The number of carbonyl (C=O) groups is 2. The molecule has 21 heavy (non-hydrogen) atoms. The fourth-order valence-corrected chi connectivity index (χ4v) is 2.64. The van der Waals surface area contributed by atoms with Gasteiger partial charge in [-0.1, -0.05) is 32.1 Å². The Morgan fingerprint density at radius 2 is 1.38 bits per heavy atom. The molecule has 8 heteroatoms. The maximum absolute atomic E-state index is 10.9. The first-order valence-electron chi connectivity index (χ1n) is 7.12. The molecular weight excluding hydrogens is 300 g/mol. The fourth-order valence-electron chi connectivity index (χ4n) is 2.07. The van der Waals surface area contributed by atoms with Crippen molar-refractivity contribution in [2.75, 3.05) is 5.75 Å². The standard InChI is InChI=1S/C13H24O7S/c14-12(15)9-8-11(13(16)17)7-5-3-1-2-4-6-10-21(18,19)20/h11H,1-10H2,(H,14,15)(H,16,17)(H,18,19,20). The number of carboxylic acid groups (broad SMARTS) is 2. The molecule has 0 aromatic carbocycles. The van der Waals surface area contributed by atoms with Crippen LogP contribution in [0.3, 0.4) is 0 Å². The average molecular weight is 324 g/mol. The molecule has 0 aromatic rings. The highest BCUT2D eigenvalue weighted by Crippen LogP contribution is 2.17. The van der Waals surface area contributed by atoms with Gasteiger partial charge in [0, 0.05) is 6.42 Å². The van der Waals surface area contributed by atoms with Gasteiger partial charge in [-0.15, -0.1) is 0 Å². The molecule has 0 aromatic heterocycles. The minimum absolute atomic E-state index is 0.132. The first kappa shape index (κ1) is 19.9. The summed E-state index contributed by atoms with van der Waals surface area (Å²) in [5, 5.41) is 17.5. The van der Waals surface area contributed by atoms with Crippen molar-refractivity contribution in [2.45, 2.75) is 57.8 Å². The molecule has 1 atom stereocenters. The number of hydrogen-bond acceptors (Lipinski definition) is 4. The van der Waals surface area contributed by atoms with Gasteiger partial charge in [0.05, 0.1) is 11.7 Å². The average Bonchev–Trinajstić information content (AvgIpc) is 2.33. The first-order valence-corrected chi connectivity index (χ1v) is 8.73. The predicted molar refractivity (Wildman–Crippen MR) is 76.7 cm³/mol. The van der Waals surface area contributed by atoms with Gasteiger partial charge in [0.1, 0.15) is 0 Å². The number of aliphatic carboxylic acids is 2. The maximum Gasteiger partial charge on any atom is 0.306 e. The molecule has 0 heterocycles. The lowest BCUT2D eigenvalue weighted by atomic mass is 9.96. The molecule has 3 N–H and O–H groups in total. The van der Waals surface area contributed by atoms with Crippen LogP contribution >= 0.6 is 0 Å². The summed E-state index contributed by atoms with van der Waals surface area (Å²) in [7, 11) is -3.87. The topological polar surface area (TPSA) is 129 Å². The Balaban J connectivity index is 3.62. The molecule has 0 bridgehead atoms. The Bertz CT molecular complexity index is 416. The van der Waals surface area contributed by atoms with Crippen LogP contribution in [0.25, 0.3) is 0 Å². The summed E-state index contributed by atoms with van der Waals surface area (Å²) >= 11 is 0. The second-order valence-electron chi connectivity index (χ2n) is 5.16. The minimum Gasteiger partial charge on any atom is -0.481 e. The zero-order valence-corrected chi connectivity index (χ0v) is 12.8. The van der Waals surface area contributed by atoms with E-state index in [1.54, 1.807) is 0 Å². The Labute approximate surface area is 125 Å². The second kappa shape index (κ2) is 10.6. The maximum atomic E-state index is 10.9. The molecule has 0 saturated heterocycles. The highest BCUT2D eigenvalue weighted by molar-refractivity contribution is 7.85. The summed E-state index contributed by atoms with van der Waals surface area (Å²) < 4.78 is 29.5. The van der Waals surface area contributed by atoms with Crippen LogP contribution in [0.2, 0.25) is 0 Å². The van der Waals surface area contributed by atoms with Crippen molar-refractivity contribution in [3.05, 3.63) is 0 Å². The van der Waals surface area contributed by atoms with Crippen LogP contribution in [-0.4, -0.2) is 40.9 Å². The van der Waals surface area contributed by atoms with Gasteiger partial charge >= 0.3 is 11.9 Å². The summed E-state index contributed by atoms with van der Waals surface area (Å²) in [6.07, 6.45) is 4.88. The Morgan fingerprint density at radius 1 is 0.857 bits per heavy atom. The molecule has 0 fully saturated rings. The van der Waals surface area contributed by atoms with Crippen LogP contribution in [0.1, 0.15) is 57.8 Å². The van der Waals surface area contributed by atoms with E-state index < -0.39 is 28.0 Å². The first-order chi connectivity index (χ1) is 9.72. The molecule has 0 saturated carbocycles. The summed E-state index contributed by atoms with van der Waals surface area (Å²) in [5.41, 5.74) is 0. The summed E-state index contributed by atoms with van der Waals surface area (Å²) in [4.78, 5) is 21.4. The molecule has 7 nitrogen and oxygen atoms in total. The van der Waals surface area contributed by atoms with E-state index in [-0.39, 0.29) is 18.6 Å². The van der Waals surface area contributed by atoms with Crippen molar-refractivity contribution < 1.29 is 32.8 Å². The van der Waals surface area contributed by atoms with Crippen LogP contribution in [0, 0.1) is 5.92 Å². The van der Waals surface area contributed by atoms with Crippen molar-refractivity contribution in [2.24, 2.45) is 5.92 Å². The third-order valence-electron chi connectivity index (χ3n) is 3.26. The summed E-state index contributed by atoms with van der Waals surface area (Å²) in [6.45, 7) is 0. The van der Waals surface area contributed by atoms with E-state index in [2.05, 4.69) is 0 Å². The number of hydrogen-bond donors (Lipinski definition) is 3.